The van der Waals surface area contributed by atoms with Crippen LogP contribution in [0.1, 0.15) is 30.9 Å². The molecule has 1 fully saturated rings. The number of likely N-dealkylation sites (tertiary alicyclic amines) is 1. The highest BCUT2D eigenvalue weighted by molar-refractivity contribution is 5.88. The SMILES string of the molecule is CNC(C(=O)NCC(=O)N1CCCCC1)c1cnn(C)c1. The maximum Gasteiger partial charge on any atom is 0.242 e. The Morgan fingerprint density at radius 1 is 1.33 bits per heavy atom. The minimum Gasteiger partial charge on any atom is -0.345 e. The summed E-state index contributed by atoms with van der Waals surface area (Å²) in [4.78, 5) is 26.0. The topological polar surface area (TPSA) is 79.3 Å². The third-order valence-corrected chi connectivity index (χ3v) is 3.73. The van der Waals surface area contributed by atoms with Crippen LogP contribution in [-0.2, 0) is 16.6 Å². The fourth-order valence-corrected chi connectivity index (χ4v) is 2.56. The Morgan fingerprint density at radius 3 is 2.62 bits per heavy atom. The average molecular weight is 293 g/mol. The quantitative estimate of drug-likeness (QED) is 0.788. The van der Waals surface area contributed by atoms with Crippen molar-refractivity contribution < 1.29 is 9.59 Å². The molecule has 2 rings (SSSR count). The van der Waals surface area contributed by atoms with Crippen LogP contribution in [0.2, 0.25) is 0 Å². The number of hydrogen-bond acceptors (Lipinski definition) is 4. The Kier molecular flexibility index (Phi) is 5.32. The number of nitrogens with zero attached hydrogens (tertiary/aromatic N) is 3. The summed E-state index contributed by atoms with van der Waals surface area (Å²) in [5.74, 6) is -0.222. The van der Waals surface area contributed by atoms with Crippen molar-refractivity contribution in [3.8, 4) is 0 Å². The molecule has 0 aliphatic carbocycles. The summed E-state index contributed by atoms with van der Waals surface area (Å²) >= 11 is 0. The Labute approximate surface area is 124 Å². The van der Waals surface area contributed by atoms with Crippen LogP contribution in [0.4, 0.5) is 0 Å². The van der Waals surface area contributed by atoms with E-state index in [1.54, 1.807) is 31.2 Å². The van der Waals surface area contributed by atoms with Gasteiger partial charge in [0.15, 0.2) is 0 Å². The fraction of sp³-hybridized carbons (Fsp3) is 0.643. The summed E-state index contributed by atoms with van der Waals surface area (Å²) in [5, 5.41) is 9.71. The van der Waals surface area contributed by atoms with Gasteiger partial charge in [-0.3, -0.25) is 14.3 Å². The molecule has 0 radical (unpaired) electrons. The summed E-state index contributed by atoms with van der Waals surface area (Å²) in [6, 6.07) is -0.493. The Bertz CT molecular complexity index is 493. The van der Waals surface area contributed by atoms with Gasteiger partial charge < -0.3 is 15.5 Å². The third-order valence-electron chi connectivity index (χ3n) is 3.73. The van der Waals surface area contributed by atoms with Crippen molar-refractivity contribution in [1.82, 2.24) is 25.3 Å². The predicted octanol–water partition coefficient (Wildman–Crippen LogP) is -0.191. The summed E-state index contributed by atoms with van der Waals surface area (Å²) in [7, 11) is 3.51. The molecule has 2 N–H and O–H groups in total. The molecule has 0 spiro atoms. The van der Waals surface area contributed by atoms with Crippen molar-refractivity contribution in [1.29, 1.82) is 0 Å². The van der Waals surface area contributed by atoms with Gasteiger partial charge in [0.1, 0.15) is 6.04 Å². The van der Waals surface area contributed by atoms with Crippen molar-refractivity contribution in [3.63, 3.8) is 0 Å². The van der Waals surface area contributed by atoms with Crippen LogP contribution in [0.15, 0.2) is 12.4 Å². The van der Waals surface area contributed by atoms with Crippen molar-refractivity contribution in [3.05, 3.63) is 18.0 Å². The van der Waals surface area contributed by atoms with E-state index in [1.807, 2.05) is 4.90 Å². The van der Waals surface area contributed by atoms with E-state index in [2.05, 4.69) is 15.7 Å². The van der Waals surface area contributed by atoms with Gasteiger partial charge in [0.25, 0.3) is 0 Å². The molecular weight excluding hydrogens is 270 g/mol. The molecule has 1 aliphatic heterocycles. The molecule has 2 amide bonds. The van der Waals surface area contributed by atoms with E-state index < -0.39 is 6.04 Å². The lowest BCUT2D eigenvalue weighted by atomic mass is 10.1. The molecule has 0 aromatic carbocycles. The minimum atomic E-state index is -0.493. The van der Waals surface area contributed by atoms with Gasteiger partial charge in [0.05, 0.1) is 12.7 Å². The zero-order valence-electron chi connectivity index (χ0n) is 12.6. The molecule has 1 saturated heterocycles. The number of nitrogens with one attached hydrogen (secondary N) is 2. The Balaban J connectivity index is 1.86. The molecule has 116 valence electrons. The molecule has 2 heterocycles. The van der Waals surface area contributed by atoms with Gasteiger partial charge in [-0.15, -0.1) is 0 Å². The highest BCUT2D eigenvalue weighted by atomic mass is 16.2. The molecule has 1 atom stereocenters. The number of piperidine rings is 1. The molecule has 1 aliphatic rings. The predicted molar refractivity (Wildman–Crippen MR) is 78.4 cm³/mol. The van der Waals surface area contributed by atoms with E-state index in [9.17, 15) is 9.59 Å². The number of aryl methyl sites for hydroxylation is 1. The van der Waals surface area contributed by atoms with Crippen molar-refractivity contribution >= 4 is 11.8 Å². The molecule has 0 saturated carbocycles. The van der Waals surface area contributed by atoms with E-state index >= 15 is 0 Å². The molecule has 1 aromatic rings. The van der Waals surface area contributed by atoms with Crippen LogP contribution in [0.3, 0.4) is 0 Å². The Morgan fingerprint density at radius 2 is 2.05 bits per heavy atom. The van der Waals surface area contributed by atoms with Gasteiger partial charge in [-0.1, -0.05) is 0 Å². The molecule has 21 heavy (non-hydrogen) atoms. The van der Waals surface area contributed by atoms with Gasteiger partial charge in [-0.2, -0.15) is 5.10 Å². The standard InChI is InChI=1S/C14H23N5O2/c1-15-13(11-8-17-18(2)10-11)14(21)16-9-12(20)19-6-4-3-5-7-19/h8,10,13,15H,3-7,9H2,1-2H3,(H,16,21). The van der Waals surface area contributed by atoms with Crippen LogP contribution in [0, 0.1) is 0 Å². The second-order valence-corrected chi connectivity index (χ2v) is 5.33. The molecule has 0 bridgehead atoms. The first kappa shape index (κ1) is 15.5. The van der Waals surface area contributed by atoms with E-state index in [0.29, 0.717) is 0 Å². The number of aromatic nitrogens is 2. The van der Waals surface area contributed by atoms with Crippen LogP contribution >= 0.6 is 0 Å². The monoisotopic (exact) mass is 293 g/mol. The summed E-state index contributed by atoms with van der Waals surface area (Å²) in [5.41, 5.74) is 0.780. The lowest BCUT2D eigenvalue weighted by Crippen LogP contribution is -2.45. The largest absolute Gasteiger partial charge is 0.345 e. The normalized spacial score (nSPS) is 16.6. The van der Waals surface area contributed by atoms with Gasteiger partial charge in [0, 0.05) is 31.9 Å². The summed E-state index contributed by atoms with van der Waals surface area (Å²) in [6.45, 7) is 1.65. The van der Waals surface area contributed by atoms with E-state index in [-0.39, 0.29) is 18.4 Å². The van der Waals surface area contributed by atoms with E-state index in [1.165, 1.54) is 6.42 Å². The molecule has 7 nitrogen and oxygen atoms in total. The van der Waals surface area contributed by atoms with Crippen LogP contribution in [0.5, 0.6) is 0 Å². The lowest BCUT2D eigenvalue weighted by Gasteiger charge is -2.27. The number of amides is 2. The highest BCUT2D eigenvalue weighted by Crippen LogP contribution is 2.11. The first-order valence-corrected chi connectivity index (χ1v) is 7.33. The third kappa shape index (κ3) is 4.04. The molecule has 1 unspecified atom stereocenters. The molecule has 7 heteroatoms. The highest BCUT2D eigenvalue weighted by Gasteiger charge is 2.22. The Hall–Kier alpha value is -1.89. The van der Waals surface area contributed by atoms with Crippen LogP contribution in [-0.4, -0.2) is 53.2 Å². The van der Waals surface area contributed by atoms with Crippen molar-refractivity contribution in [2.75, 3.05) is 26.7 Å². The molecular formula is C14H23N5O2. The first-order chi connectivity index (χ1) is 10.1. The van der Waals surface area contributed by atoms with Crippen molar-refractivity contribution in [2.45, 2.75) is 25.3 Å². The number of hydrogen-bond donors (Lipinski definition) is 2. The second kappa shape index (κ2) is 7.21. The number of rotatable bonds is 5. The number of likely N-dealkylation sites (N-methyl/N-ethyl adjacent to an activating group) is 1. The van der Waals surface area contributed by atoms with Gasteiger partial charge >= 0.3 is 0 Å². The van der Waals surface area contributed by atoms with Crippen LogP contribution < -0.4 is 10.6 Å². The smallest absolute Gasteiger partial charge is 0.242 e. The van der Waals surface area contributed by atoms with Gasteiger partial charge in [0.2, 0.25) is 11.8 Å². The molecule has 1 aromatic heterocycles. The van der Waals surface area contributed by atoms with E-state index in [4.69, 9.17) is 0 Å². The van der Waals surface area contributed by atoms with Gasteiger partial charge in [-0.05, 0) is 26.3 Å². The van der Waals surface area contributed by atoms with Gasteiger partial charge in [-0.25, -0.2) is 0 Å². The fourth-order valence-electron chi connectivity index (χ4n) is 2.56. The first-order valence-electron chi connectivity index (χ1n) is 7.33. The van der Waals surface area contributed by atoms with Crippen molar-refractivity contribution in [2.24, 2.45) is 7.05 Å². The zero-order valence-corrected chi connectivity index (χ0v) is 12.6. The zero-order chi connectivity index (χ0) is 15.2. The maximum absolute atomic E-state index is 12.2. The van der Waals surface area contributed by atoms with Crippen LogP contribution in [0.25, 0.3) is 0 Å². The summed E-state index contributed by atoms with van der Waals surface area (Å²) in [6.07, 6.45) is 6.71. The second-order valence-electron chi connectivity index (χ2n) is 5.33. The maximum atomic E-state index is 12.2. The number of carbonyl (C=O) groups excluding carboxylic acids is 2. The van der Waals surface area contributed by atoms with E-state index in [0.717, 1.165) is 31.5 Å². The average Bonchev–Trinajstić information content (AvgIpc) is 2.92. The lowest BCUT2D eigenvalue weighted by molar-refractivity contribution is -0.134. The summed E-state index contributed by atoms with van der Waals surface area (Å²) < 4.78 is 1.64. The number of carbonyl (C=O) groups is 2. The minimum absolute atomic E-state index is 0.0101.